The van der Waals surface area contributed by atoms with E-state index in [2.05, 4.69) is 19.7 Å². The normalized spacial score (nSPS) is 17.0. The van der Waals surface area contributed by atoms with E-state index in [0.29, 0.717) is 25.5 Å². The Morgan fingerprint density at radius 3 is 2.75 bits per heavy atom. The molecule has 1 atom stereocenters. The van der Waals surface area contributed by atoms with Gasteiger partial charge in [-0.25, -0.2) is 23.1 Å². The lowest BCUT2D eigenvalue weighted by Gasteiger charge is -2.17. The number of benzene rings is 1. The number of nitrogens with zero attached hydrogens (tertiary/aromatic N) is 4. The molecule has 3 heterocycles. The fraction of sp³-hybridized carbons (Fsp3) is 0.211. The predicted molar refractivity (Wildman–Crippen MR) is 108 cm³/mol. The van der Waals surface area contributed by atoms with E-state index in [-0.39, 0.29) is 16.0 Å². The van der Waals surface area contributed by atoms with E-state index in [4.69, 9.17) is 11.6 Å². The fourth-order valence-electron chi connectivity index (χ4n) is 3.16. The molecule has 3 aromatic rings. The zero-order valence-corrected chi connectivity index (χ0v) is 16.4. The lowest BCUT2D eigenvalue weighted by atomic mass is 10.2. The third-order valence-electron chi connectivity index (χ3n) is 4.52. The zero-order chi connectivity index (χ0) is 19.6. The summed E-state index contributed by atoms with van der Waals surface area (Å²) in [6.07, 6.45) is 5.81. The van der Waals surface area contributed by atoms with Gasteiger partial charge in [0.1, 0.15) is 4.90 Å². The van der Waals surface area contributed by atoms with Gasteiger partial charge in [0.15, 0.2) is 0 Å². The minimum Gasteiger partial charge on any atom is -0.339 e. The number of sulfonamides is 1. The van der Waals surface area contributed by atoms with Crippen molar-refractivity contribution in [1.29, 1.82) is 0 Å². The highest BCUT2D eigenvalue weighted by molar-refractivity contribution is 7.89. The van der Waals surface area contributed by atoms with Crippen LogP contribution in [0, 0.1) is 0 Å². The molecule has 1 aliphatic heterocycles. The third-order valence-corrected chi connectivity index (χ3v) is 6.54. The molecule has 0 bridgehead atoms. The summed E-state index contributed by atoms with van der Waals surface area (Å²) >= 11 is 6.04. The third kappa shape index (κ3) is 3.99. The van der Waals surface area contributed by atoms with Crippen LogP contribution in [-0.4, -0.2) is 42.5 Å². The van der Waals surface area contributed by atoms with E-state index in [1.165, 1.54) is 6.07 Å². The number of nitrogens with one attached hydrogen (secondary N) is 1. The number of pyridine rings is 1. The van der Waals surface area contributed by atoms with Crippen molar-refractivity contribution in [3.05, 3.63) is 66.1 Å². The molecule has 2 aromatic heterocycles. The van der Waals surface area contributed by atoms with Gasteiger partial charge in [0, 0.05) is 43.3 Å². The van der Waals surface area contributed by atoms with Gasteiger partial charge in [0.25, 0.3) is 0 Å². The minimum atomic E-state index is -3.69. The Morgan fingerprint density at radius 1 is 1.11 bits per heavy atom. The highest BCUT2D eigenvalue weighted by Crippen LogP contribution is 2.24. The first-order valence-corrected chi connectivity index (χ1v) is 10.6. The second-order valence-corrected chi connectivity index (χ2v) is 8.56. The van der Waals surface area contributed by atoms with E-state index < -0.39 is 10.0 Å². The van der Waals surface area contributed by atoms with Crippen LogP contribution in [0.4, 0.5) is 5.95 Å². The molecule has 4 rings (SSSR count). The Bertz CT molecular complexity index is 1080. The molecule has 1 saturated heterocycles. The number of hydrogen-bond acceptors (Lipinski definition) is 6. The number of hydrogen-bond donors (Lipinski definition) is 1. The van der Waals surface area contributed by atoms with Crippen LogP contribution in [0.25, 0.3) is 11.3 Å². The monoisotopic (exact) mass is 415 g/mol. The first-order valence-electron chi connectivity index (χ1n) is 8.78. The van der Waals surface area contributed by atoms with E-state index in [1.54, 1.807) is 36.8 Å². The molecule has 0 amide bonds. The summed E-state index contributed by atoms with van der Waals surface area (Å²) in [6, 6.07) is 11.8. The molecule has 9 heteroatoms. The van der Waals surface area contributed by atoms with Gasteiger partial charge >= 0.3 is 0 Å². The summed E-state index contributed by atoms with van der Waals surface area (Å²) in [5.74, 6) is 0.570. The molecule has 28 heavy (non-hydrogen) atoms. The van der Waals surface area contributed by atoms with Crippen LogP contribution in [0.15, 0.2) is 66.0 Å². The molecule has 0 spiro atoms. The van der Waals surface area contributed by atoms with Crippen LogP contribution in [0.3, 0.4) is 0 Å². The molecule has 0 radical (unpaired) electrons. The summed E-state index contributed by atoms with van der Waals surface area (Å²) in [5, 5.41) is 0.206. The highest BCUT2D eigenvalue weighted by atomic mass is 35.5. The van der Waals surface area contributed by atoms with Crippen LogP contribution >= 0.6 is 11.6 Å². The highest BCUT2D eigenvalue weighted by Gasteiger charge is 2.29. The maximum absolute atomic E-state index is 12.6. The number of aromatic nitrogens is 3. The summed E-state index contributed by atoms with van der Waals surface area (Å²) in [4.78, 5) is 15.1. The van der Waals surface area contributed by atoms with Gasteiger partial charge in [-0.15, -0.1) is 0 Å². The van der Waals surface area contributed by atoms with Crippen molar-refractivity contribution in [2.75, 3.05) is 18.0 Å². The van der Waals surface area contributed by atoms with Crippen LogP contribution in [0.5, 0.6) is 0 Å². The Labute approximate surface area is 168 Å². The lowest BCUT2D eigenvalue weighted by molar-refractivity contribution is 0.561. The van der Waals surface area contributed by atoms with E-state index in [0.717, 1.165) is 11.3 Å². The SMILES string of the molecule is O=S(=O)(NC1CCN(c2nccc(-c3cccnc3)n2)C1)c1ccccc1Cl. The van der Waals surface area contributed by atoms with Crippen molar-refractivity contribution in [3.8, 4) is 11.3 Å². The van der Waals surface area contributed by atoms with E-state index >= 15 is 0 Å². The molecule has 1 aliphatic rings. The topological polar surface area (TPSA) is 88.1 Å². The van der Waals surface area contributed by atoms with Gasteiger partial charge in [0.05, 0.1) is 10.7 Å². The smallest absolute Gasteiger partial charge is 0.242 e. The summed E-state index contributed by atoms with van der Waals surface area (Å²) < 4.78 is 28.0. The van der Waals surface area contributed by atoms with Gasteiger partial charge < -0.3 is 4.90 Å². The molecule has 144 valence electrons. The van der Waals surface area contributed by atoms with Gasteiger partial charge in [-0.1, -0.05) is 23.7 Å². The van der Waals surface area contributed by atoms with Crippen molar-refractivity contribution in [3.63, 3.8) is 0 Å². The first kappa shape index (κ1) is 18.8. The van der Waals surface area contributed by atoms with Gasteiger partial charge in [-0.05, 0) is 36.8 Å². The molecular formula is C19H18ClN5O2S. The number of rotatable bonds is 5. The maximum Gasteiger partial charge on any atom is 0.242 e. The molecule has 7 nitrogen and oxygen atoms in total. The molecule has 1 aromatic carbocycles. The largest absolute Gasteiger partial charge is 0.339 e. The van der Waals surface area contributed by atoms with Crippen molar-refractivity contribution in [1.82, 2.24) is 19.7 Å². The Morgan fingerprint density at radius 2 is 1.96 bits per heavy atom. The Hall–Kier alpha value is -2.55. The molecule has 1 fully saturated rings. The van der Waals surface area contributed by atoms with Crippen molar-refractivity contribution in [2.45, 2.75) is 17.4 Å². The molecule has 0 aliphatic carbocycles. The quantitative estimate of drug-likeness (QED) is 0.689. The van der Waals surface area contributed by atoms with Crippen molar-refractivity contribution >= 4 is 27.6 Å². The van der Waals surface area contributed by atoms with Gasteiger partial charge in [-0.3, -0.25) is 4.98 Å². The first-order chi connectivity index (χ1) is 13.5. The second kappa shape index (κ2) is 7.83. The second-order valence-electron chi connectivity index (χ2n) is 6.47. The molecule has 0 saturated carbocycles. The Kier molecular flexibility index (Phi) is 5.25. The number of anilines is 1. The van der Waals surface area contributed by atoms with Crippen LogP contribution in [-0.2, 0) is 10.0 Å². The predicted octanol–water partition coefficient (Wildman–Crippen LogP) is 2.75. The molecule has 1 unspecified atom stereocenters. The van der Waals surface area contributed by atoms with E-state index in [9.17, 15) is 8.42 Å². The zero-order valence-electron chi connectivity index (χ0n) is 14.9. The molecule has 1 N–H and O–H groups in total. The van der Waals surface area contributed by atoms with Crippen LogP contribution in [0.2, 0.25) is 5.02 Å². The van der Waals surface area contributed by atoms with Crippen LogP contribution < -0.4 is 9.62 Å². The average Bonchev–Trinajstić information content (AvgIpc) is 3.17. The summed E-state index contributed by atoms with van der Waals surface area (Å²) in [6.45, 7) is 1.15. The summed E-state index contributed by atoms with van der Waals surface area (Å²) in [5.41, 5.74) is 1.68. The maximum atomic E-state index is 12.6. The van der Waals surface area contributed by atoms with E-state index in [1.807, 2.05) is 23.1 Å². The van der Waals surface area contributed by atoms with Gasteiger partial charge in [0.2, 0.25) is 16.0 Å². The lowest BCUT2D eigenvalue weighted by Crippen LogP contribution is -2.37. The minimum absolute atomic E-state index is 0.0879. The Balaban J connectivity index is 1.48. The van der Waals surface area contributed by atoms with Gasteiger partial charge in [-0.2, -0.15) is 0 Å². The number of halogens is 1. The standard InChI is InChI=1S/C19H18ClN5O2S/c20-16-5-1-2-6-18(16)28(26,27)24-15-8-11-25(13-15)19-22-10-7-17(23-19)14-4-3-9-21-12-14/h1-7,9-10,12,15,24H,8,11,13H2. The van der Waals surface area contributed by atoms with Crippen molar-refractivity contribution < 1.29 is 8.42 Å². The average molecular weight is 416 g/mol. The van der Waals surface area contributed by atoms with Crippen molar-refractivity contribution in [2.24, 2.45) is 0 Å². The summed E-state index contributed by atoms with van der Waals surface area (Å²) in [7, 11) is -3.69. The van der Waals surface area contributed by atoms with Crippen LogP contribution in [0.1, 0.15) is 6.42 Å². The fourth-order valence-corrected chi connectivity index (χ4v) is 4.94. The molecular weight excluding hydrogens is 398 g/mol.